The second kappa shape index (κ2) is 7.89. The second-order valence-corrected chi connectivity index (χ2v) is 8.21. The van der Waals surface area contributed by atoms with Gasteiger partial charge in [0.15, 0.2) is 11.5 Å². The lowest BCUT2D eigenvalue weighted by Crippen LogP contribution is -2.49. The fourth-order valence-electron chi connectivity index (χ4n) is 4.81. The molecular formula is C25H27N3O4. The molecule has 0 unspecified atom stereocenters. The van der Waals surface area contributed by atoms with Crippen LogP contribution in [-0.4, -0.2) is 47.4 Å². The van der Waals surface area contributed by atoms with Gasteiger partial charge in [-0.2, -0.15) is 5.10 Å². The predicted octanol–water partition coefficient (Wildman–Crippen LogP) is 4.02. The molecular weight excluding hydrogens is 406 g/mol. The molecule has 7 nitrogen and oxygen atoms in total. The Morgan fingerprint density at radius 3 is 2.69 bits per heavy atom. The van der Waals surface area contributed by atoms with Gasteiger partial charge in [-0.25, -0.2) is 0 Å². The fourth-order valence-corrected chi connectivity index (χ4v) is 4.81. The Balaban J connectivity index is 1.38. The van der Waals surface area contributed by atoms with Gasteiger partial charge in [0, 0.05) is 49.7 Å². The van der Waals surface area contributed by atoms with Crippen LogP contribution in [0.1, 0.15) is 35.7 Å². The molecule has 7 heteroatoms. The largest absolute Gasteiger partial charge is 0.493 e. The zero-order valence-corrected chi connectivity index (χ0v) is 18.6. The minimum Gasteiger partial charge on any atom is -0.493 e. The van der Waals surface area contributed by atoms with Crippen LogP contribution in [0.5, 0.6) is 17.2 Å². The summed E-state index contributed by atoms with van der Waals surface area (Å²) in [5, 5.41) is 4.52. The zero-order valence-electron chi connectivity index (χ0n) is 18.6. The lowest BCUT2D eigenvalue weighted by atomic mass is 9.81. The summed E-state index contributed by atoms with van der Waals surface area (Å²) in [6.07, 6.45) is 3.33. The van der Waals surface area contributed by atoms with E-state index in [-0.39, 0.29) is 5.91 Å². The minimum atomic E-state index is -0.467. The predicted molar refractivity (Wildman–Crippen MR) is 120 cm³/mol. The van der Waals surface area contributed by atoms with Gasteiger partial charge < -0.3 is 19.1 Å². The summed E-state index contributed by atoms with van der Waals surface area (Å²) in [4.78, 5) is 15.1. The number of carbonyl (C=O) groups excluding carboxylic acids is 1. The number of piperidine rings is 1. The molecule has 32 heavy (non-hydrogen) atoms. The first-order chi connectivity index (χ1) is 15.6. The quantitative estimate of drug-likeness (QED) is 0.622. The van der Waals surface area contributed by atoms with Crippen LogP contribution in [0.3, 0.4) is 0 Å². The van der Waals surface area contributed by atoms with Crippen molar-refractivity contribution >= 4 is 5.91 Å². The number of likely N-dealkylation sites (tertiary alicyclic amines) is 1. The molecule has 1 aromatic heterocycles. The summed E-state index contributed by atoms with van der Waals surface area (Å²) in [6.45, 7) is 3.66. The first kappa shape index (κ1) is 20.4. The molecule has 0 bridgehead atoms. The van der Waals surface area contributed by atoms with Gasteiger partial charge in [0.2, 0.25) is 0 Å². The van der Waals surface area contributed by atoms with E-state index >= 15 is 0 Å². The van der Waals surface area contributed by atoms with Crippen molar-refractivity contribution in [2.75, 3.05) is 26.8 Å². The van der Waals surface area contributed by atoms with Gasteiger partial charge >= 0.3 is 0 Å². The van der Waals surface area contributed by atoms with Gasteiger partial charge in [-0.3, -0.25) is 9.48 Å². The van der Waals surface area contributed by atoms with Gasteiger partial charge in [0.05, 0.1) is 25.6 Å². The van der Waals surface area contributed by atoms with E-state index in [9.17, 15) is 4.79 Å². The molecule has 0 aliphatic carbocycles. The van der Waals surface area contributed by atoms with Crippen molar-refractivity contribution in [3.05, 3.63) is 59.8 Å². The third-order valence-electron chi connectivity index (χ3n) is 6.45. The number of rotatable bonds is 4. The maximum atomic E-state index is 13.2. The minimum absolute atomic E-state index is 0.0104. The van der Waals surface area contributed by atoms with Gasteiger partial charge in [-0.1, -0.05) is 12.1 Å². The summed E-state index contributed by atoms with van der Waals surface area (Å²) in [6, 6.07) is 13.4. The van der Waals surface area contributed by atoms with Crippen molar-refractivity contribution in [3.8, 4) is 28.5 Å². The van der Waals surface area contributed by atoms with E-state index in [1.165, 1.54) is 0 Å². The Morgan fingerprint density at radius 2 is 1.94 bits per heavy atom. The summed E-state index contributed by atoms with van der Waals surface area (Å²) in [5.74, 6) is 2.07. The highest BCUT2D eigenvalue weighted by Crippen LogP contribution is 2.49. The normalized spacial score (nSPS) is 16.2. The van der Waals surface area contributed by atoms with Crippen molar-refractivity contribution < 1.29 is 19.0 Å². The number of para-hydroxylation sites is 1. The topological polar surface area (TPSA) is 65.8 Å². The van der Waals surface area contributed by atoms with E-state index in [2.05, 4.69) is 11.2 Å². The number of benzene rings is 2. The molecule has 0 radical (unpaired) electrons. The van der Waals surface area contributed by atoms with E-state index in [0.29, 0.717) is 49.6 Å². The molecule has 0 atom stereocenters. The van der Waals surface area contributed by atoms with Gasteiger partial charge in [0.25, 0.3) is 5.91 Å². The van der Waals surface area contributed by atoms with E-state index < -0.39 is 5.60 Å². The van der Waals surface area contributed by atoms with Crippen molar-refractivity contribution in [1.82, 2.24) is 14.7 Å². The van der Waals surface area contributed by atoms with Crippen molar-refractivity contribution in [2.24, 2.45) is 7.05 Å². The van der Waals surface area contributed by atoms with Gasteiger partial charge in [0.1, 0.15) is 11.4 Å². The number of aryl methyl sites for hydroxylation is 1. The van der Waals surface area contributed by atoms with Crippen molar-refractivity contribution in [2.45, 2.75) is 25.4 Å². The number of carbonyl (C=O) groups is 1. The van der Waals surface area contributed by atoms with Crippen LogP contribution >= 0.6 is 0 Å². The van der Waals surface area contributed by atoms with Crippen LogP contribution in [-0.2, 0) is 12.6 Å². The molecule has 2 aliphatic rings. The van der Waals surface area contributed by atoms with Gasteiger partial charge in [-0.05, 0) is 37.3 Å². The van der Waals surface area contributed by atoms with Gasteiger partial charge in [-0.15, -0.1) is 0 Å². The number of hydrogen-bond acceptors (Lipinski definition) is 5. The Hall–Kier alpha value is -3.48. The van der Waals surface area contributed by atoms with Crippen LogP contribution in [0.25, 0.3) is 11.3 Å². The van der Waals surface area contributed by atoms with Crippen LogP contribution < -0.4 is 14.2 Å². The summed E-state index contributed by atoms with van der Waals surface area (Å²) < 4.78 is 19.5. The van der Waals surface area contributed by atoms with Crippen LogP contribution in [0.2, 0.25) is 0 Å². The van der Waals surface area contributed by atoms with Crippen molar-refractivity contribution in [3.63, 3.8) is 0 Å². The molecule has 3 heterocycles. The highest BCUT2D eigenvalue weighted by Gasteiger charge is 2.45. The van der Waals surface area contributed by atoms with Crippen LogP contribution in [0.15, 0.2) is 48.7 Å². The Kier molecular flexibility index (Phi) is 5.04. The Labute approximate surface area is 187 Å². The molecule has 2 aromatic carbocycles. The second-order valence-electron chi connectivity index (χ2n) is 8.21. The summed E-state index contributed by atoms with van der Waals surface area (Å²) >= 11 is 0. The number of amides is 1. The van der Waals surface area contributed by atoms with Crippen molar-refractivity contribution in [1.29, 1.82) is 0 Å². The number of nitrogens with zero attached hydrogens (tertiary/aromatic N) is 3. The highest BCUT2D eigenvalue weighted by molar-refractivity contribution is 5.95. The molecule has 5 rings (SSSR count). The molecule has 1 fully saturated rings. The average molecular weight is 434 g/mol. The van der Waals surface area contributed by atoms with E-state index in [1.807, 2.05) is 47.9 Å². The number of fused-ring (bicyclic) bond motifs is 4. The first-order valence-electron chi connectivity index (χ1n) is 11.0. The molecule has 3 aromatic rings. The summed E-state index contributed by atoms with van der Waals surface area (Å²) in [5.41, 5.74) is 3.40. The smallest absolute Gasteiger partial charge is 0.253 e. The lowest BCUT2D eigenvalue weighted by Gasteiger charge is -2.44. The Bertz CT molecular complexity index is 1160. The number of methoxy groups -OCH3 is 1. The van der Waals surface area contributed by atoms with E-state index in [4.69, 9.17) is 14.2 Å². The van der Waals surface area contributed by atoms with E-state index in [0.717, 1.165) is 22.6 Å². The monoisotopic (exact) mass is 433 g/mol. The zero-order chi connectivity index (χ0) is 22.3. The lowest BCUT2D eigenvalue weighted by molar-refractivity contribution is -0.00173. The number of hydrogen-bond donors (Lipinski definition) is 0. The maximum Gasteiger partial charge on any atom is 0.253 e. The first-order valence-corrected chi connectivity index (χ1v) is 11.0. The molecule has 166 valence electrons. The summed E-state index contributed by atoms with van der Waals surface area (Å²) in [7, 11) is 3.55. The SMILES string of the molecule is CCOc1ccc(C(=O)N2CCC3(CC2)Oc2ccccc2-c2c3cnn2C)cc1OC. The fraction of sp³-hybridized carbons (Fsp3) is 0.360. The molecule has 0 N–H and O–H groups in total. The molecule has 0 saturated carbocycles. The standard InChI is InChI=1S/C25H27N3O4/c1-4-31-21-10-9-17(15-22(21)30-3)24(29)28-13-11-25(12-14-28)19-16-26-27(2)23(19)18-7-5-6-8-20(18)32-25/h5-10,15-16H,4,11-14H2,1-3H3. The van der Waals surface area contributed by atoms with Crippen LogP contribution in [0.4, 0.5) is 0 Å². The molecule has 2 aliphatic heterocycles. The molecule has 1 saturated heterocycles. The highest BCUT2D eigenvalue weighted by atomic mass is 16.5. The molecule has 1 amide bonds. The number of ether oxygens (including phenoxy) is 3. The third-order valence-corrected chi connectivity index (χ3v) is 6.45. The van der Waals surface area contributed by atoms with E-state index in [1.54, 1.807) is 25.3 Å². The average Bonchev–Trinajstić information content (AvgIpc) is 3.22. The Morgan fingerprint density at radius 1 is 1.16 bits per heavy atom. The molecule has 1 spiro atoms. The van der Waals surface area contributed by atoms with Crippen LogP contribution in [0, 0.1) is 0 Å². The maximum absolute atomic E-state index is 13.2. The third kappa shape index (κ3) is 3.20. The number of aromatic nitrogens is 2.